The second-order valence-corrected chi connectivity index (χ2v) is 6.90. The molecule has 0 bridgehead atoms. The van der Waals surface area contributed by atoms with Gasteiger partial charge in [-0.05, 0) is 38.3 Å². The predicted molar refractivity (Wildman–Crippen MR) is 92.4 cm³/mol. The van der Waals surface area contributed by atoms with Crippen molar-refractivity contribution in [2.75, 3.05) is 24.4 Å². The van der Waals surface area contributed by atoms with Crippen molar-refractivity contribution in [3.05, 3.63) is 29.7 Å². The first kappa shape index (κ1) is 17.2. The van der Waals surface area contributed by atoms with Crippen LogP contribution in [0.5, 0.6) is 0 Å². The molecule has 0 atom stereocenters. The van der Waals surface area contributed by atoms with Crippen molar-refractivity contribution >= 4 is 40.4 Å². The molecule has 0 unspecified atom stereocenters. The Morgan fingerprint density at radius 1 is 1.36 bits per heavy atom. The summed E-state index contributed by atoms with van der Waals surface area (Å²) in [6.07, 6.45) is 2.07. The monoisotopic (exact) mass is 341 g/mol. The van der Waals surface area contributed by atoms with E-state index in [0.29, 0.717) is 6.61 Å². The number of rotatable bonds is 7. The quantitative estimate of drug-likeness (QED) is 0.431. The summed E-state index contributed by atoms with van der Waals surface area (Å²) in [6, 6.07) is 4.71. The smallest absolute Gasteiger partial charge is 0.325 e. The fourth-order valence-corrected chi connectivity index (χ4v) is 4.21. The third-order valence-electron chi connectivity index (χ3n) is 3.35. The lowest BCUT2D eigenvalue weighted by Gasteiger charge is -2.08. The lowest BCUT2D eigenvalue weighted by atomic mass is 10.2. The first-order valence-electron chi connectivity index (χ1n) is 7.14. The molecule has 0 spiro atoms. The molecule has 0 aliphatic rings. The van der Waals surface area contributed by atoms with Gasteiger partial charge in [-0.3, -0.25) is 4.79 Å². The Morgan fingerprint density at radius 3 is 2.82 bits per heavy atom. The van der Waals surface area contributed by atoms with E-state index < -0.39 is 0 Å². The van der Waals surface area contributed by atoms with Crippen LogP contribution >= 0.6 is 23.5 Å². The van der Waals surface area contributed by atoms with Crippen molar-refractivity contribution in [3.8, 4) is 0 Å². The van der Waals surface area contributed by atoms with Crippen molar-refractivity contribution in [1.29, 1.82) is 0 Å². The van der Waals surface area contributed by atoms with Crippen molar-refractivity contribution < 1.29 is 13.9 Å². The lowest BCUT2D eigenvalue weighted by Crippen LogP contribution is -2.14. The number of hydrogen-bond acceptors (Lipinski definition) is 4. The molecule has 0 amide bonds. The van der Waals surface area contributed by atoms with E-state index in [2.05, 4.69) is 6.26 Å². The van der Waals surface area contributed by atoms with Gasteiger partial charge in [0.25, 0.3) is 0 Å². The topological polar surface area (TPSA) is 31.2 Å². The average molecular weight is 341 g/mol. The minimum absolute atomic E-state index is 0.158. The van der Waals surface area contributed by atoms with Crippen LogP contribution in [-0.2, 0) is 16.1 Å². The summed E-state index contributed by atoms with van der Waals surface area (Å²) in [4.78, 5) is 12.9. The number of nitrogens with zero attached hydrogens (tertiary/aromatic N) is 1. The van der Waals surface area contributed by atoms with E-state index in [-0.39, 0.29) is 18.3 Å². The molecule has 6 heteroatoms. The molecular formula is C16H20FNO2S2. The summed E-state index contributed by atoms with van der Waals surface area (Å²) >= 11 is 3.49. The van der Waals surface area contributed by atoms with Crippen LogP contribution in [-0.4, -0.2) is 34.9 Å². The maximum absolute atomic E-state index is 13.6. The molecule has 1 heterocycles. The molecule has 0 aliphatic heterocycles. The summed E-state index contributed by atoms with van der Waals surface area (Å²) in [6.45, 7) is 4.28. The highest BCUT2D eigenvalue weighted by Crippen LogP contribution is 2.34. The van der Waals surface area contributed by atoms with Gasteiger partial charge in [0, 0.05) is 27.5 Å². The minimum Gasteiger partial charge on any atom is -0.465 e. The van der Waals surface area contributed by atoms with Gasteiger partial charge in [-0.2, -0.15) is 11.8 Å². The Balaban J connectivity index is 2.42. The summed E-state index contributed by atoms with van der Waals surface area (Å²) in [5, 5.41) is 0.868. The normalized spacial score (nSPS) is 11.1. The Hall–Kier alpha value is -1.14. The maximum Gasteiger partial charge on any atom is 0.325 e. The highest BCUT2D eigenvalue weighted by atomic mass is 32.2. The van der Waals surface area contributed by atoms with Gasteiger partial charge in [-0.1, -0.05) is 0 Å². The molecule has 0 saturated carbocycles. The van der Waals surface area contributed by atoms with E-state index in [0.717, 1.165) is 33.0 Å². The van der Waals surface area contributed by atoms with E-state index in [1.54, 1.807) is 42.6 Å². The minimum atomic E-state index is -0.271. The van der Waals surface area contributed by atoms with E-state index in [1.165, 1.54) is 6.07 Å². The number of benzene rings is 1. The zero-order valence-corrected chi connectivity index (χ0v) is 14.7. The van der Waals surface area contributed by atoms with Crippen LogP contribution in [0, 0.1) is 12.7 Å². The molecule has 2 aromatic rings. The van der Waals surface area contributed by atoms with Crippen LogP contribution < -0.4 is 0 Å². The maximum atomic E-state index is 13.6. The Labute approximate surface area is 138 Å². The highest BCUT2D eigenvalue weighted by Gasteiger charge is 2.17. The molecule has 1 aromatic carbocycles. The highest BCUT2D eigenvalue weighted by molar-refractivity contribution is 8.02. The lowest BCUT2D eigenvalue weighted by molar-refractivity contribution is -0.143. The van der Waals surface area contributed by atoms with E-state index in [4.69, 9.17) is 4.74 Å². The summed E-state index contributed by atoms with van der Waals surface area (Å²) in [7, 11) is 0. The van der Waals surface area contributed by atoms with Gasteiger partial charge < -0.3 is 9.30 Å². The zero-order chi connectivity index (χ0) is 16.1. The molecular weight excluding hydrogens is 321 g/mol. The van der Waals surface area contributed by atoms with Gasteiger partial charge >= 0.3 is 5.97 Å². The summed E-state index contributed by atoms with van der Waals surface area (Å²) in [5.74, 6) is 1.46. The van der Waals surface area contributed by atoms with Crippen LogP contribution in [0.2, 0.25) is 0 Å². The van der Waals surface area contributed by atoms with Crippen molar-refractivity contribution in [1.82, 2.24) is 4.57 Å². The molecule has 0 fully saturated rings. The van der Waals surface area contributed by atoms with E-state index >= 15 is 0 Å². The molecule has 0 saturated heterocycles. The Morgan fingerprint density at radius 2 is 2.14 bits per heavy atom. The number of thioether (sulfide) groups is 2. The first-order chi connectivity index (χ1) is 10.6. The molecule has 0 N–H and O–H groups in total. The first-order valence-corrected chi connectivity index (χ1v) is 9.52. The van der Waals surface area contributed by atoms with Crippen molar-refractivity contribution in [2.45, 2.75) is 25.3 Å². The van der Waals surface area contributed by atoms with Crippen LogP contribution in [0.15, 0.2) is 23.1 Å². The van der Waals surface area contributed by atoms with Gasteiger partial charge in [0.2, 0.25) is 0 Å². The molecule has 22 heavy (non-hydrogen) atoms. The molecule has 120 valence electrons. The molecule has 3 nitrogen and oxygen atoms in total. The van der Waals surface area contributed by atoms with Gasteiger partial charge in [-0.25, -0.2) is 4.39 Å². The van der Waals surface area contributed by atoms with Crippen LogP contribution in [0.4, 0.5) is 4.39 Å². The third kappa shape index (κ3) is 3.79. The number of hydrogen-bond donors (Lipinski definition) is 0. The standard InChI is InChI=1S/C16H20FNO2S2/c1-4-20-15(19)10-18-11(2)16(22-8-7-21-3)13-9-12(17)5-6-14(13)18/h5-6,9H,4,7-8,10H2,1-3H3. The van der Waals surface area contributed by atoms with Gasteiger partial charge in [-0.15, -0.1) is 11.8 Å². The van der Waals surface area contributed by atoms with Crippen molar-refractivity contribution in [2.24, 2.45) is 0 Å². The van der Waals surface area contributed by atoms with E-state index in [9.17, 15) is 9.18 Å². The Kier molecular flexibility index (Phi) is 6.20. The number of carbonyl (C=O) groups excluding carboxylic acids is 1. The van der Waals surface area contributed by atoms with E-state index in [1.807, 2.05) is 11.5 Å². The molecule has 0 aliphatic carbocycles. The summed E-state index contributed by atoms with van der Waals surface area (Å²) in [5.41, 5.74) is 1.86. The van der Waals surface area contributed by atoms with Crippen LogP contribution in [0.25, 0.3) is 10.9 Å². The zero-order valence-electron chi connectivity index (χ0n) is 13.0. The number of carbonyl (C=O) groups is 1. The molecule has 0 radical (unpaired) electrons. The SMILES string of the molecule is CCOC(=O)Cn1c(C)c(SCCSC)c2cc(F)ccc21. The Bertz CT molecular complexity index is 670. The van der Waals surface area contributed by atoms with Crippen molar-refractivity contribution in [3.63, 3.8) is 0 Å². The van der Waals surface area contributed by atoms with Gasteiger partial charge in [0.15, 0.2) is 0 Å². The summed E-state index contributed by atoms with van der Waals surface area (Å²) < 4.78 is 20.6. The number of aromatic nitrogens is 1. The fraction of sp³-hybridized carbons (Fsp3) is 0.438. The second kappa shape index (κ2) is 7.92. The van der Waals surface area contributed by atoms with Gasteiger partial charge in [0.1, 0.15) is 12.4 Å². The third-order valence-corrected chi connectivity index (χ3v) is 5.44. The molecule has 1 aromatic heterocycles. The average Bonchev–Trinajstić information content (AvgIpc) is 2.72. The number of esters is 1. The number of halogens is 1. The van der Waals surface area contributed by atoms with Crippen LogP contribution in [0.1, 0.15) is 12.6 Å². The number of fused-ring (bicyclic) bond motifs is 1. The fourth-order valence-electron chi connectivity index (χ4n) is 2.37. The van der Waals surface area contributed by atoms with Gasteiger partial charge in [0.05, 0.1) is 12.1 Å². The predicted octanol–water partition coefficient (Wildman–Crippen LogP) is 4.11. The molecule has 2 rings (SSSR count). The largest absolute Gasteiger partial charge is 0.465 e. The number of ether oxygens (including phenoxy) is 1. The van der Waals surface area contributed by atoms with Crippen LogP contribution in [0.3, 0.4) is 0 Å². The second-order valence-electron chi connectivity index (χ2n) is 4.81.